The summed E-state index contributed by atoms with van der Waals surface area (Å²) in [6, 6.07) is 6.67. The molecule has 1 unspecified atom stereocenters. The number of carbonyl (C=O) groups is 1. The van der Waals surface area contributed by atoms with Crippen molar-refractivity contribution in [1.82, 2.24) is 14.9 Å². The van der Waals surface area contributed by atoms with Crippen LogP contribution in [0.3, 0.4) is 0 Å². The van der Waals surface area contributed by atoms with Crippen LogP contribution in [0, 0.1) is 12.7 Å². The van der Waals surface area contributed by atoms with Crippen LogP contribution in [0.15, 0.2) is 36.7 Å². The predicted octanol–water partition coefficient (Wildman–Crippen LogP) is 2.43. The van der Waals surface area contributed by atoms with Crippen LogP contribution in [0.5, 0.6) is 0 Å². The van der Waals surface area contributed by atoms with Gasteiger partial charge in [0.05, 0.1) is 23.5 Å². The molecule has 1 aromatic carbocycles. The van der Waals surface area contributed by atoms with Gasteiger partial charge in [0.25, 0.3) is 5.91 Å². The number of methoxy groups -OCH3 is 1. The fraction of sp³-hybridized carbons (Fsp3) is 0.450. The molecule has 2 fully saturated rings. The molecule has 0 radical (unpaired) electrons. The van der Waals surface area contributed by atoms with E-state index in [2.05, 4.69) is 14.9 Å². The number of aromatic nitrogens is 2. The van der Waals surface area contributed by atoms with Gasteiger partial charge in [-0.3, -0.25) is 9.78 Å². The van der Waals surface area contributed by atoms with Gasteiger partial charge in [0.2, 0.25) is 0 Å². The average Bonchev–Trinajstić information content (AvgIpc) is 2.68. The van der Waals surface area contributed by atoms with E-state index in [0.29, 0.717) is 18.8 Å². The number of hydrogen-bond donors (Lipinski definition) is 0. The highest BCUT2D eigenvalue weighted by Crippen LogP contribution is 2.44. The Bertz CT molecular complexity index is 834. The Kier molecular flexibility index (Phi) is 4.55. The van der Waals surface area contributed by atoms with Crippen LogP contribution in [0.25, 0.3) is 0 Å². The van der Waals surface area contributed by atoms with Crippen molar-refractivity contribution in [1.29, 1.82) is 0 Å². The van der Waals surface area contributed by atoms with E-state index in [-0.39, 0.29) is 23.4 Å². The van der Waals surface area contributed by atoms with E-state index in [1.54, 1.807) is 25.4 Å². The SMILES string of the molecule is COC1CN(c2cccc(F)c2)C12CCN(C(=O)c1cnc(C)cn1)CC2. The summed E-state index contributed by atoms with van der Waals surface area (Å²) in [5, 5.41) is 0. The van der Waals surface area contributed by atoms with E-state index in [4.69, 9.17) is 4.74 Å². The molecule has 0 bridgehead atoms. The molecule has 0 saturated carbocycles. The first-order valence-electron chi connectivity index (χ1n) is 9.17. The number of ether oxygens (including phenoxy) is 1. The summed E-state index contributed by atoms with van der Waals surface area (Å²) in [6.45, 7) is 3.80. The molecule has 0 N–H and O–H groups in total. The van der Waals surface area contributed by atoms with Crippen molar-refractivity contribution >= 4 is 11.6 Å². The lowest BCUT2D eigenvalue weighted by Gasteiger charge is -2.61. The monoisotopic (exact) mass is 370 g/mol. The van der Waals surface area contributed by atoms with Gasteiger partial charge in [-0.2, -0.15) is 0 Å². The fourth-order valence-electron chi connectivity index (χ4n) is 4.23. The van der Waals surface area contributed by atoms with E-state index in [0.717, 1.165) is 30.8 Å². The van der Waals surface area contributed by atoms with Gasteiger partial charge < -0.3 is 14.5 Å². The molecular weight excluding hydrogens is 347 g/mol. The summed E-state index contributed by atoms with van der Waals surface area (Å²) < 4.78 is 19.4. The Hall–Kier alpha value is -2.54. The number of amides is 1. The van der Waals surface area contributed by atoms with Crippen molar-refractivity contribution in [3.8, 4) is 0 Å². The van der Waals surface area contributed by atoms with Gasteiger partial charge >= 0.3 is 0 Å². The number of carbonyl (C=O) groups excluding carboxylic acids is 1. The second kappa shape index (κ2) is 6.88. The largest absolute Gasteiger partial charge is 0.377 e. The molecule has 1 amide bonds. The number of nitrogens with zero attached hydrogens (tertiary/aromatic N) is 4. The van der Waals surface area contributed by atoms with Crippen molar-refractivity contribution in [2.75, 3.05) is 31.6 Å². The van der Waals surface area contributed by atoms with E-state index in [1.165, 1.54) is 12.3 Å². The van der Waals surface area contributed by atoms with Crippen LogP contribution in [-0.2, 0) is 4.74 Å². The summed E-state index contributed by atoms with van der Waals surface area (Å²) in [6.07, 6.45) is 4.76. The molecule has 1 aromatic heterocycles. The molecule has 2 aliphatic heterocycles. The molecule has 3 heterocycles. The molecular formula is C20H23FN4O2. The minimum atomic E-state index is -0.242. The van der Waals surface area contributed by atoms with Crippen molar-refractivity contribution < 1.29 is 13.9 Å². The first-order chi connectivity index (χ1) is 13.0. The lowest BCUT2D eigenvalue weighted by atomic mass is 9.73. The topological polar surface area (TPSA) is 58.6 Å². The van der Waals surface area contributed by atoms with Crippen LogP contribution in [0.4, 0.5) is 10.1 Å². The number of likely N-dealkylation sites (tertiary alicyclic amines) is 1. The molecule has 7 heteroatoms. The zero-order chi connectivity index (χ0) is 19.0. The van der Waals surface area contributed by atoms with E-state index < -0.39 is 0 Å². The first-order valence-corrected chi connectivity index (χ1v) is 9.17. The summed E-state index contributed by atoms with van der Waals surface area (Å²) in [5.74, 6) is -0.336. The second-order valence-electron chi connectivity index (χ2n) is 7.25. The predicted molar refractivity (Wildman–Crippen MR) is 99.2 cm³/mol. The first kappa shape index (κ1) is 17.9. The standard InChI is InChI=1S/C20H23FN4O2/c1-14-11-23-17(12-22-14)19(26)24-8-6-20(7-9-24)18(27-2)13-25(20)16-5-3-4-15(21)10-16/h3-5,10-12,18H,6-9,13H2,1-2H3. The average molecular weight is 370 g/mol. The van der Waals surface area contributed by atoms with Crippen LogP contribution >= 0.6 is 0 Å². The number of benzene rings is 1. The lowest BCUT2D eigenvalue weighted by Crippen LogP contribution is -2.74. The van der Waals surface area contributed by atoms with Gasteiger partial charge in [-0.25, -0.2) is 9.37 Å². The number of piperidine rings is 1. The molecule has 2 aromatic rings. The van der Waals surface area contributed by atoms with Crippen LogP contribution in [-0.4, -0.2) is 59.2 Å². The maximum absolute atomic E-state index is 13.7. The van der Waals surface area contributed by atoms with E-state index >= 15 is 0 Å². The molecule has 4 rings (SSSR count). The van der Waals surface area contributed by atoms with Crippen molar-refractivity contribution in [2.24, 2.45) is 0 Å². The summed E-state index contributed by atoms with van der Waals surface area (Å²) in [7, 11) is 1.72. The Balaban J connectivity index is 1.50. The fourth-order valence-corrected chi connectivity index (χ4v) is 4.23. The quantitative estimate of drug-likeness (QED) is 0.831. The van der Waals surface area contributed by atoms with Gasteiger partial charge in [-0.15, -0.1) is 0 Å². The third-order valence-electron chi connectivity index (χ3n) is 5.81. The smallest absolute Gasteiger partial charge is 0.274 e. The van der Waals surface area contributed by atoms with Gasteiger partial charge in [-0.05, 0) is 38.0 Å². The van der Waals surface area contributed by atoms with Crippen LogP contribution < -0.4 is 4.90 Å². The Morgan fingerprint density at radius 3 is 2.67 bits per heavy atom. The zero-order valence-electron chi connectivity index (χ0n) is 15.6. The van der Waals surface area contributed by atoms with Crippen molar-refractivity contribution in [3.63, 3.8) is 0 Å². The molecule has 2 saturated heterocycles. The second-order valence-corrected chi connectivity index (χ2v) is 7.25. The Morgan fingerprint density at radius 1 is 1.26 bits per heavy atom. The maximum atomic E-state index is 13.7. The third-order valence-corrected chi connectivity index (χ3v) is 5.81. The maximum Gasteiger partial charge on any atom is 0.274 e. The summed E-state index contributed by atoms with van der Waals surface area (Å²) >= 11 is 0. The third kappa shape index (κ3) is 3.06. The van der Waals surface area contributed by atoms with Crippen LogP contribution in [0.1, 0.15) is 29.0 Å². The highest BCUT2D eigenvalue weighted by atomic mass is 19.1. The molecule has 1 spiro atoms. The van der Waals surface area contributed by atoms with Gasteiger partial charge in [0.1, 0.15) is 11.5 Å². The number of anilines is 1. The van der Waals surface area contributed by atoms with Crippen molar-refractivity contribution in [2.45, 2.75) is 31.4 Å². The van der Waals surface area contributed by atoms with Gasteiger partial charge in [-0.1, -0.05) is 6.07 Å². The highest BCUT2D eigenvalue weighted by Gasteiger charge is 2.55. The Labute approximate surface area is 158 Å². The Morgan fingerprint density at radius 2 is 2.04 bits per heavy atom. The molecule has 0 aliphatic carbocycles. The van der Waals surface area contributed by atoms with E-state index in [9.17, 15) is 9.18 Å². The molecule has 6 nitrogen and oxygen atoms in total. The van der Waals surface area contributed by atoms with E-state index in [1.807, 2.05) is 17.9 Å². The molecule has 2 aliphatic rings. The van der Waals surface area contributed by atoms with Gasteiger partial charge in [0, 0.05) is 38.6 Å². The number of halogens is 1. The summed E-state index contributed by atoms with van der Waals surface area (Å²) in [5.41, 5.74) is 1.83. The molecule has 1 atom stereocenters. The highest BCUT2D eigenvalue weighted by molar-refractivity contribution is 5.92. The molecule has 27 heavy (non-hydrogen) atoms. The van der Waals surface area contributed by atoms with Crippen molar-refractivity contribution in [3.05, 3.63) is 53.9 Å². The number of rotatable bonds is 3. The lowest BCUT2D eigenvalue weighted by molar-refractivity contribution is -0.0434. The minimum absolute atomic E-state index is 0.0807. The zero-order valence-corrected chi connectivity index (χ0v) is 15.6. The number of aryl methyl sites for hydroxylation is 1. The molecule has 142 valence electrons. The number of hydrogen-bond acceptors (Lipinski definition) is 5. The normalized spacial score (nSPS) is 21.2. The van der Waals surface area contributed by atoms with Gasteiger partial charge in [0.15, 0.2) is 0 Å². The minimum Gasteiger partial charge on any atom is -0.377 e. The van der Waals surface area contributed by atoms with Crippen LogP contribution in [0.2, 0.25) is 0 Å². The summed E-state index contributed by atoms with van der Waals surface area (Å²) in [4.78, 5) is 25.1.